The number of hydrogen-bond donors (Lipinski definition) is 0. The summed E-state index contributed by atoms with van der Waals surface area (Å²) in [5.74, 6) is 2.23. The van der Waals surface area contributed by atoms with E-state index in [0.29, 0.717) is 0 Å². The van der Waals surface area contributed by atoms with Gasteiger partial charge in [-0.3, -0.25) is 0 Å². The molecular formula is C6H15BBrS2. The number of halogens is 1. The molecular weight excluding hydrogens is 227 g/mol. The van der Waals surface area contributed by atoms with Crippen LogP contribution in [-0.2, 0) is 0 Å². The Hall–Kier alpha value is 1.24. The predicted molar refractivity (Wildman–Crippen MR) is 61.5 cm³/mol. The Morgan fingerprint density at radius 1 is 0.900 bits per heavy atom. The molecule has 61 valence electrons. The highest BCUT2D eigenvalue weighted by Crippen LogP contribution is 2.17. The second-order valence-corrected chi connectivity index (χ2v) is 5.67. The molecule has 0 saturated heterocycles. The summed E-state index contributed by atoms with van der Waals surface area (Å²) >= 11 is 3.80. The molecule has 4 heteroatoms. The van der Waals surface area contributed by atoms with Gasteiger partial charge in [0.05, 0.1) is 0 Å². The zero-order valence-electron chi connectivity index (χ0n) is 6.96. The van der Waals surface area contributed by atoms with Gasteiger partial charge in [-0.05, 0) is 10.5 Å². The first-order chi connectivity index (χ1) is 4.13. The quantitative estimate of drug-likeness (QED) is 0.693. The van der Waals surface area contributed by atoms with Crippen LogP contribution in [0.5, 0.6) is 0 Å². The summed E-state index contributed by atoms with van der Waals surface area (Å²) in [4.78, 5) is 0. The summed E-state index contributed by atoms with van der Waals surface area (Å²) in [6.45, 7) is 8.84. The van der Waals surface area contributed by atoms with Crippen LogP contribution in [0.3, 0.4) is 0 Å². The number of rotatable bonds is 4. The van der Waals surface area contributed by atoms with Gasteiger partial charge in [0, 0.05) is 0 Å². The normalized spacial score (nSPS) is 9.80. The largest absolute Gasteiger partial charge is 0.268 e. The Labute approximate surface area is 84.1 Å². The van der Waals surface area contributed by atoms with Crippen molar-refractivity contribution in [2.45, 2.75) is 38.2 Å². The zero-order valence-corrected chi connectivity index (χ0v) is 10.3. The van der Waals surface area contributed by atoms with Crippen LogP contribution in [0.2, 0.25) is 0 Å². The van der Waals surface area contributed by atoms with Gasteiger partial charge in [0.15, 0.2) is 0 Å². The molecule has 0 aliphatic heterocycles. The van der Waals surface area contributed by atoms with Crippen LogP contribution in [0.25, 0.3) is 0 Å². The summed E-state index contributed by atoms with van der Waals surface area (Å²) in [5.41, 5.74) is 0. The van der Waals surface area contributed by atoms with Gasteiger partial charge >= 0.3 is 0 Å². The summed E-state index contributed by atoms with van der Waals surface area (Å²) in [6, 6.07) is 0. The van der Waals surface area contributed by atoms with Gasteiger partial charge in [-0.1, -0.05) is 27.7 Å². The van der Waals surface area contributed by atoms with Crippen LogP contribution in [0.4, 0.5) is 0 Å². The van der Waals surface area contributed by atoms with Crippen molar-refractivity contribution in [1.82, 2.24) is 0 Å². The van der Waals surface area contributed by atoms with Crippen LogP contribution in [0.1, 0.15) is 27.7 Å². The third-order valence-electron chi connectivity index (χ3n) is 0.655. The number of hydrogen-bond acceptors (Lipinski definition) is 2. The average molecular weight is 242 g/mol. The molecule has 1 radical (unpaired) electrons. The molecule has 10 heavy (non-hydrogen) atoms. The molecule has 0 unspecified atom stereocenters. The lowest BCUT2D eigenvalue weighted by molar-refractivity contribution is 1.12. The van der Waals surface area contributed by atoms with Gasteiger partial charge in [0.1, 0.15) is 0 Å². The Kier molecular flexibility index (Phi) is 11.5. The van der Waals surface area contributed by atoms with E-state index in [2.05, 4.69) is 33.5 Å². The lowest BCUT2D eigenvalue weighted by Crippen LogP contribution is -1.94. The first-order valence-electron chi connectivity index (χ1n) is 3.25. The fraction of sp³-hybridized carbons (Fsp3) is 1.00. The third kappa shape index (κ3) is 12.0. The Morgan fingerprint density at radius 3 is 1.40 bits per heavy atom. The van der Waals surface area contributed by atoms with Crippen molar-refractivity contribution >= 4 is 46.0 Å². The van der Waals surface area contributed by atoms with Gasteiger partial charge in [0.2, 0.25) is 0 Å². The van der Waals surface area contributed by atoms with E-state index in [1.165, 1.54) is 0 Å². The molecule has 0 saturated carbocycles. The molecule has 0 aliphatic carbocycles. The van der Waals surface area contributed by atoms with E-state index >= 15 is 0 Å². The van der Waals surface area contributed by atoms with Crippen LogP contribution in [-0.4, -0.2) is 16.3 Å². The lowest BCUT2D eigenvalue weighted by atomic mass is 10.6. The van der Waals surface area contributed by atoms with Crippen molar-refractivity contribution in [2.24, 2.45) is 0 Å². The van der Waals surface area contributed by atoms with Crippen molar-refractivity contribution in [2.75, 3.05) is 0 Å². The molecule has 0 atom stereocenters. The SMILES string of the molecule is Br.CC(C)S[B]SC(C)C. The molecule has 0 nitrogen and oxygen atoms in total. The van der Waals surface area contributed by atoms with Gasteiger partial charge in [-0.15, -0.1) is 17.0 Å². The molecule has 0 heterocycles. The van der Waals surface area contributed by atoms with Crippen molar-refractivity contribution < 1.29 is 0 Å². The van der Waals surface area contributed by atoms with Crippen LogP contribution >= 0.6 is 40.2 Å². The zero-order chi connectivity index (χ0) is 7.28. The highest BCUT2D eigenvalue weighted by atomic mass is 79.9. The molecule has 0 N–H and O–H groups in total. The van der Waals surface area contributed by atoms with Crippen molar-refractivity contribution in [1.29, 1.82) is 0 Å². The summed E-state index contributed by atoms with van der Waals surface area (Å²) in [7, 11) is 0. The van der Waals surface area contributed by atoms with E-state index in [1.807, 2.05) is 23.2 Å². The first-order valence-corrected chi connectivity index (χ1v) is 5.14. The first kappa shape index (κ1) is 13.8. The lowest BCUT2D eigenvalue weighted by Gasteiger charge is -2.04. The van der Waals surface area contributed by atoms with E-state index in [1.54, 1.807) is 0 Å². The molecule has 0 spiro atoms. The molecule has 0 amide bonds. The minimum absolute atomic E-state index is 0. The molecule has 0 aliphatic rings. The summed E-state index contributed by atoms with van der Waals surface area (Å²) in [6.07, 6.45) is 0. The van der Waals surface area contributed by atoms with Crippen molar-refractivity contribution in [3.63, 3.8) is 0 Å². The maximum absolute atomic E-state index is 2.23. The maximum atomic E-state index is 2.23. The van der Waals surface area contributed by atoms with Crippen LogP contribution < -0.4 is 0 Å². The van der Waals surface area contributed by atoms with Crippen molar-refractivity contribution in [3.8, 4) is 0 Å². The second-order valence-electron chi connectivity index (χ2n) is 2.47. The summed E-state index contributed by atoms with van der Waals surface area (Å²) < 4.78 is 0. The minimum Gasteiger partial charge on any atom is -0.199 e. The molecule has 0 aromatic carbocycles. The Morgan fingerprint density at radius 2 is 1.20 bits per heavy atom. The van der Waals surface area contributed by atoms with Crippen LogP contribution in [0, 0.1) is 0 Å². The molecule has 0 aromatic heterocycles. The average Bonchev–Trinajstić information content (AvgIpc) is 1.63. The van der Waals surface area contributed by atoms with E-state index < -0.39 is 0 Å². The molecule has 0 fully saturated rings. The fourth-order valence-electron chi connectivity index (χ4n) is 0.254. The molecule has 0 rings (SSSR count). The van der Waals surface area contributed by atoms with Crippen LogP contribution in [0.15, 0.2) is 0 Å². The second kappa shape index (κ2) is 8.34. The van der Waals surface area contributed by atoms with E-state index in [0.717, 1.165) is 10.5 Å². The van der Waals surface area contributed by atoms with Gasteiger partial charge in [0.25, 0.3) is 5.84 Å². The Balaban J connectivity index is 0. The van der Waals surface area contributed by atoms with Crippen molar-refractivity contribution in [3.05, 3.63) is 0 Å². The maximum Gasteiger partial charge on any atom is 0.268 e. The smallest absolute Gasteiger partial charge is 0.199 e. The highest BCUT2D eigenvalue weighted by molar-refractivity contribution is 8.93. The summed E-state index contributed by atoms with van der Waals surface area (Å²) in [5, 5.41) is 1.47. The fourth-order valence-corrected chi connectivity index (χ4v) is 2.29. The van der Waals surface area contributed by atoms with Gasteiger partial charge in [-0.2, -0.15) is 23.2 Å². The predicted octanol–water partition coefficient (Wildman–Crippen LogP) is 3.38. The Bertz CT molecular complexity index is 60.8. The van der Waals surface area contributed by atoms with E-state index in [-0.39, 0.29) is 17.0 Å². The minimum atomic E-state index is 0. The van der Waals surface area contributed by atoms with E-state index in [9.17, 15) is 0 Å². The van der Waals surface area contributed by atoms with Gasteiger partial charge in [-0.25, -0.2) is 0 Å². The standard InChI is InChI=1S/C6H14BS2.BrH/c1-5(2)8-7-9-6(3)4;/h5-6H,1-4H3;1H. The topological polar surface area (TPSA) is 0 Å². The highest BCUT2D eigenvalue weighted by Gasteiger charge is 1.98. The monoisotopic (exact) mass is 241 g/mol. The van der Waals surface area contributed by atoms with Gasteiger partial charge < -0.3 is 0 Å². The molecule has 0 bridgehead atoms. The van der Waals surface area contributed by atoms with E-state index in [4.69, 9.17) is 0 Å². The third-order valence-corrected chi connectivity index (χ3v) is 2.63. The molecule has 0 aromatic rings.